The maximum atomic E-state index is 11.9. The van der Waals surface area contributed by atoms with Gasteiger partial charge in [0.05, 0.1) is 5.75 Å². The number of carbonyl (C=O) groups excluding carboxylic acids is 1. The van der Waals surface area contributed by atoms with Crippen molar-refractivity contribution in [3.8, 4) is 0 Å². The lowest BCUT2D eigenvalue weighted by Crippen LogP contribution is -2.29. The zero-order valence-electron chi connectivity index (χ0n) is 11.0. The van der Waals surface area contributed by atoms with Gasteiger partial charge in [-0.3, -0.25) is 4.79 Å². The van der Waals surface area contributed by atoms with E-state index < -0.39 is 5.97 Å². The predicted molar refractivity (Wildman–Crippen MR) is 76.7 cm³/mol. The first kappa shape index (κ1) is 14.7. The standard InChI is InChI=1S/C14H17NO4S/c16-13(17)10-20-12-6-7-15(8-12)14(18)19-9-11-4-2-1-3-5-11/h1-5,12H,6-10H2,(H,16,17)/t12-/m1/s1. The van der Waals surface area contributed by atoms with Gasteiger partial charge in [0.15, 0.2) is 0 Å². The van der Waals surface area contributed by atoms with Crippen LogP contribution in [0.4, 0.5) is 4.79 Å². The van der Waals surface area contributed by atoms with Crippen LogP contribution in [-0.4, -0.2) is 46.2 Å². The van der Waals surface area contributed by atoms with Crippen LogP contribution in [0.25, 0.3) is 0 Å². The van der Waals surface area contributed by atoms with Gasteiger partial charge < -0.3 is 14.7 Å². The van der Waals surface area contributed by atoms with E-state index in [4.69, 9.17) is 9.84 Å². The topological polar surface area (TPSA) is 66.8 Å². The van der Waals surface area contributed by atoms with Crippen molar-refractivity contribution in [3.05, 3.63) is 35.9 Å². The van der Waals surface area contributed by atoms with Crippen molar-refractivity contribution in [2.45, 2.75) is 18.3 Å². The number of nitrogens with zero attached hydrogens (tertiary/aromatic N) is 1. The Morgan fingerprint density at radius 3 is 2.80 bits per heavy atom. The molecule has 108 valence electrons. The third-order valence-corrected chi connectivity index (χ3v) is 4.32. The number of carboxylic acid groups (broad SMARTS) is 1. The fourth-order valence-electron chi connectivity index (χ4n) is 2.03. The van der Waals surface area contributed by atoms with Gasteiger partial charge in [0.2, 0.25) is 0 Å². The maximum absolute atomic E-state index is 11.9. The van der Waals surface area contributed by atoms with E-state index in [1.165, 1.54) is 11.8 Å². The highest BCUT2D eigenvalue weighted by molar-refractivity contribution is 8.00. The highest BCUT2D eigenvalue weighted by Crippen LogP contribution is 2.23. The molecule has 1 heterocycles. The van der Waals surface area contributed by atoms with Crippen LogP contribution >= 0.6 is 11.8 Å². The zero-order chi connectivity index (χ0) is 14.4. The van der Waals surface area contributed by atoms with Crippen LogP contribution in [0.5, 0.6) is 0 Å². The van der Waals surface area contributed by atoms with Gasteiger partial charge in [0.25, 0.3) is 0 Å². The first-order chi connectivity index (χ1) is 9.65. The number of carboxylic acids is 1. The quantitative estimate of drug-likeness (QED) is 0.902. The van der Waals surface area contributed by atoms with Crippen LogP contribution in [-0.2, 0) is 16.1 Å². The first-order valence-corrected chi connectivity index (χ1v) is 7.49. The highest BCUT2D eigenvalue weighted by Gasteiger charge is 2.27. The van der Waals surface area contributed by atoms with Gasteiger partial charge in [0, 0.05) is 18.3 Å². The summed E-state index contributed by atoms with van der Waals surface area (Å²) in [7, 11) is 0. The van der Waals surface area contributed by atoms with E-state index >= 15 is 0 Å². The van der Waals surface area contributed by atoms with Crippen molar-refractivity contribution >= 4 is 23.8 Å². The fraction of sp³-hybridized carbons (Fsp3) is 0.429. The molecule has 0 aromatic heterocycles. The Bertz CT molecular complexity index is 466. The lowest BCUT2D eigenvalue weighted by Gasteiger charge is -2.16. The normalized spacial score (nSPS) is 18.0. The summed E-state index contributed by atoms with van der Waals surface area (Å²) in [6.07, 6.45) is 0.491. The average molecular weight is 295 g/mol. The number of likely N-dealkylation sites (tertiary alicyclic amines) is 1. The largest absolute Gasteiger partial charge is 0.481 e. The van der Waals surface area contributed by atoms with Crippen LogP contribution in [0, 0.1) is 0 Å². The molecule has 0 spiro atoms. The van der Waals surface area contributed by atoms with Gasteiger partial charge >= 0.3 is 12.1 Å². The molecule has 1 atom stereocenters. The predicted octanol–water partition coefficient (Wildman–Crippen LogP) is 2.22. The van der Waals surface area contributed by atoms with Crippen LogP contribution in [0.2, 0.25) is 0 Å². The van der Waals surface area contributed by atoms with E-state index in [2.05, 4.69) is 0 Å². The Balaban J connectivity index is 1.73. The minimum atomic E-state index is -0.819. The Morgan fingerprint density at radius 2 is 2.10 bits per heavy atom. The van der Waals surface area contributed by atoms with Crippen molar-refractivity contribution in [1.29, 1.82) is 0 Å². The SMILES string of the molecule is O=C(O)CS[C@@H]1CCN(C(=O)OCc2ccccc2)C1. The molecule has 6 heteroatoms. The van der Waals surface area contributed by atoms with E-state index in [1.54, 1.807) is 4.90 Å². The van der Waals surface area contributed by atoms with Gasteiger partial charge in [0.1, 0.15) is 6.61 Å². The molecule has 2 rings (SSSR count). The van der Waals surface area contributed by atoms with Crippen molar-refractivity contribution < 1.29 is 19.4 Å². The summed E-state index contributed by atoms with van der Waals surface area (Å²) in [5.74, 6) is -0.738. The average Bonchev–Trinajstić information content (AvgIpc) is 2.92. The van der Waals surface area contributed by atoms with Crippen LogP contribution < -0.4 is 0 Å². The first-order valence-electron chi connectivity index (χ1n) is 6.44. The third kappa shape index (κ3) is 4.45. The van der Waals surface area contributed by atoms with Crippen molar-refractivity contribution in [3.63, 3.8) is 0 Å². The molecule has 1 aliphatic heterocycles. The number of thioether (sulfide) groups is 1. The molecule has 5 nitrogen and oxygen atoms in total. The molecule has 0 radical (unpaired) electrons. The van der Waals surface area contributed by atoms with Crippen molar-refractivity contribution in [1.82, 2.24) is 4.90 Å². The van der Waals surface area contributed by atoms with Crippen molar-refractivity contribution in [2.24, 2.45) is 0 Å². The van der Waals surface area contributed by atoms with Gasteiger partial charge in [-0.15, -0.1) is 11.8 Å². The lowest BCUT2D eigenvalue weighted by molar-refractivity contribution is -0.133. The molecule has 1 aromatic carbocycles. The molecule has 1 N–H and O–H groups in total. The second kappa shape index (κ2) is 7.19. The molecule has 20 heavy (non-hydrogen) atoms. The smallest absolute Gasteiger partial charge is 0.410 e. The maximum Gasteiger partial charge on any atom is 0.410 e. The van der Waals surface area contributed by atoms with Gasteiger partial charge in [-0.05, 0) is 12.0 Å². The van der Waals surface area contributed by atoms with Crippen molar-refractivity contribution in [2.75, 3.05) is 18.8 Å². The summed E-state index contributed by atoms with van der Waals surface area (Å²) >= 11 is 1.38. The van der Waals surface area contributed by atoms with E-state index in [0.717, 1.165) is 12.0 Å². The lowest BCUT2D eigenvalue weighted by atomic mass is 10.2. The molecule has 0 unspecified atom stereocenters. The van der Waals surface area contributed by atoms with E-state index in [-0.39, 0.29) is 23.7 Å². The Morgan fingerprint density at radius 1 is 1.35 bits per heavy atom. The van der Waals surface area contributed by atoms with E-state index in [1.807, 2.05) is 30.3 Å². The number of amides is 1. The molecular formula is C14H17NO4S. The van der Waals surface area contributed by atoms with E-state index in [0.29, 0.717) is 13.1 Å². The monoisotopic (exact) mass is 295 g/mol. The minimum absolute atomic E-state index is 0.0809. The number of benzene rings is 1. The second-order valence-electron chi connectivity index (χ2n) is 4.60. The van der Waals surface area contributed by atoms with Crippen LogP contribution in [0.3, 0.4) is 0 Å². The molecule has 0 bridgehead atoms. The molecule has 1 aliphatic rings. The molecule has 1 fully saturated rings. The summed E-state index contributed by atoms with van der Waals surface area (Å²) in [6.45, 7) is 1.46. The summed E-state index contributed by atoms with van der Waals surface area (Å²) in [5.41, 5.74) is 0.955. The minimum Gasteiger partial charge on any atom is -0.481 e. The summed E-state index contributed by atoms with van der Waals surface area (Å²) in [5, 5.41) is 8.82. The fourth-order valence-corrected chi connectivity index (χ4v) is 2.97. The number of aliphatic carboxylic acids is 1. The number of rotatable bonds is 5. The highest BCUT2D eigenvalue weighted by atomic mass is 32.2. The third-order valence-electron chi connectivity index (χ3n) is 3.05. The number of ether oxygens (including phenoxy) is 1. The molecule has 1 saturated heterocycles. The number of carbonyl (C=O) groups is 2. The van der Waals surface area contributed by atoms with Gasteiger partial charge in [-0.25, -0.2) is 4.79 Å². The summed E-state index contributed by atoms with van der Waals surface area (Å²) in [4.78, 5) is 24.0. The van der Waals surface area contributed by atoms with Gasteiger partial charge in [-0.2, -0.15) is 0 Å². The second-order valence-corrected chi connectivity index (χ2v) is 5.89. The summed E-state index contributed by atoms with van der Waals surface area (Å²) < 4.78 is 5.25. The molecule has 1 aromatic rings. The molecule has 0 aliphatic carbocycles. The molecule has 1 amide bonds. The summed E-state index contributed by atoms with van der Waals surface area (Å²) in [6, 6.07) is 9.52. The molecule has 0 saturated carbocycles. The van der Waals surface area contributed by atoms with E-state index in [9.17, 15) is 9.59 Å². The molecular weight excluding hydrogens is 278 g/mol. The van der Waals surface area contributed by atoms with Crippen LogP contribution in [0.15, 0.2) is 30.3 Å². The van der Waals surface area contributed by atoms with Gasteiger partial charge in [-0.1, -0.05) is 30.3 Å². The Labute approximate surface area is 121 Å². The number of hydrogen-bond donors (Lipinski definition) is 1. The Kier molecular flexibility index (Phi) is 5.29. The number of hydrogen-bond acceptors (Lipinski definition) is 4. The Hall–Kier alpha value is -1.69. The zero-order valence-corrected chi connectivity index (χ0v) is 11.8. The van der Waals surface area contributed by atoms with Crippen LogP contribution in [0.1, 0.15) is 12.0 Å².